The lowest BCUT2D eigenvalue weighted by Crippen LogP contribution is -2.11. The molecule has 1 heterocycles. The summed E-state index contributed by atoms with van der Waals surface area (Å²) in [5.74, 6) is -1.06. The summed E-state index contributed by atoms with van der Waals surface area (Å²) in [4.78, 5) is 16.2. The van der Waals surface area contributed by atoms with Crippen LogP contribution in [0.15, 0.2) is 77.2 Å². The van der Waals surface area contributed by atoms with Crippen molar-refractivity contribution in [2.45, 2.75) is 12.8 Å². The molecule has 1 aromatic heterocycles. The van der Waals surface area contributed by atoms with Gasteiger partial charge < -0.3 is 5.11 Å². The van der Waals surface area contributed by atoms with Crippen LogP contribution in [0.4, 0.5) is 5.13 Å². The molecule has 4 aromatic rings. The number of aromatic nitrogens is 1. The van der Waals surface area contributed by atoms with Crippen molar-refractivity contribution in [3.8, 4) is 22.4 Å². The Balaban J connectivity index is 1.45. The van der Waals surface area contributed by atoms with E-state index in [-0.39, 0.29) is 11.5 Å². The molecule has 158 valence electrons. The fourth-order valence-corrected chi connectivity index (χ4v) is 4.86. The normalized spacial score (nSPS) is 14.7. The van der Waals surface area contributed by atoms with Crippen molar-refractivity contribution in [2.24, 2.45) is 5.10 Å². The summed E-state index contributed by atoms with van der Waals surface area (Å²) in [6.07, 6.45) is 0. The molecule has 1 aliphatic rings. The first-order valence-corrected chi connectivity index (χ1v) is 11.3. The second kappa shape index (κ2) is 8.22. The monoisotopic (exact) mass is 459 g/mol. The fraction of sp³-hybridized carbons (Fsp3) is 0.0800. The Morgan fingerprint density at radius 1 is 1.06 bits per heavy atom. The molecule has 0 radical (unpaired) electrons. The second-order valence-electron chi connectivity index (χ2n) is 7.54. The van der Waals surface area contributed by atoms with Crippen molar-refractivity contribution >= 4 is 39.8 Å². The Hall–Kier alpha value is -3.48. The second-order valence-corrected chi connectivity index (χ2v) is 8.83. The maximum atomic E-state index is 11.5. The van der Waals surface area contributed by atoms with Crippen LogP contribution in [-0.2, 0) is 0 Å². The van der Waals surface area contributed by atoms with Crippen molar-refractivity contribution < 1.29 is 9.90 Å². The van der Waals surface area contributed by atoms with Crippen LogP contribution in [0.5, 0.6) is 0 Å². The van der Waals surface area contributed by atoms with Gasteiger partial charge in [-0.3, -0.25) is 5.43 Å². The number of carbonyl (C=O) groups is 1. The Morgan fingerprint density at radius 3 is 2.59 bits per heavy atom. The average Bonchev–Trinajstić information content (AvgIpc) is 3.40. The van der Waals surface area contributed by atoms with Crippen LogP contribution in [0.25, 0.3) is 22.4 Å². The van der Waals surface area contributed by atoms with Gasteiger partial charge in [0.2, 0.25) is 5.13 Å². The number of thiazole rings is 1. The number of fused-ring (bicyclic) bond motifs is 3. The summed E-state index contributed by atoms with van der Waals surface area (Å²) < 4.78 is 0. The molecule has 1 aliphatic carbocycles. The summed E-state index contributed by atoms with van der Waals surface area (Å²) in [7, 11) is 0. The number of nitrogens with one attached hydrogen (secondary N) is 1. The first kappa shape index (κ1) is 20.4. The van der Waals surface area contributed by atoms with Crippen LogP contribution in [-0.4, -0.2) is 21.8 Å². The van der Waals surface area contributed by atoms with E-state index in [9.17, 15) is 9.90 Å². The van der Waals surface area contributed by atoms with Gasteiger partial charge in [0, 0.05) is 21.7 Å². The molecule has 0 saturated heterocycles. The van der Waals surface area contributed by atoms with Crippen molar-refractivity contribution in [2.75, 3.05) is 5.43 Å². The Morgan fingerprint density at radius 2 is 1.81 bits per heavy atom. The lowest BCUT2D eigenvalue weighted by atomic mass is 9.92. The smallest absolute Gasteiger partial charge is 0.335 e. The van der Waals surface area contributed by atoms with Crippen molar-refractivity contribution in [1.82, 2.24) is 4.98 Å². The number of carboxylic acid groups (broad SMARTS) is 1. The number of aromatic carboxylic acids is 1. The lowest BCUT2D eigenvalue weighted by molar-refractivity contribution is 0.0697. The van der Waals surface area contributed by atoms with E-state index in [0.717, 1.165) is 39.2 Å². The highest BCUT2D eigenvalue weighted by Gasteiger charge is 2.31. The van der Waals surface area contributed by atoms with Gasteiger partial charge in [0.1, 0.15) is 0 Å². The van der Waals surface area contributed by atoms with Crippen molar-refractivity contribution in [3.05, 3.63) is 93.8 Å². The predicted octanol–water partition coefficient (Wildman–Crippen LogP) is 6.76. The highest BCUT2D eigenvalue weighted by Crippen LogP contribution is 2.45. The van der Waals surface area contributed by atoms with Crippen LogP contribution in [0.2, 0.25) is 5.02 Å². The number of anilines is 1. The van der Waals surface area contributed by atoms with Gasteiger partial charge in [-0.2, -0.15) is 5.10 Å². The number of hydrogen-bond donors (Lipinski definition) is 2. The van der Waals surface area contributed by atoms with Crippen LogP contribution < -0.4 is 5.43 Å². The predicted molar refractivity (Wildman–Crippen MR) is 130 cm³/mol. The molecule has 0 saturated carbocycles. The quantitative estimate of drug-likeness (QED) is 0.255. The van der Waals surface area contributed by atoms with Gasteiger partial charge in [-0.05, 0) is 53.4 Å². The van der Waals surface area contributed by atoms with Crippen LogP contribution in [0.3, 0.4) is 0 Å². The standard InChI is InChI=1S/C25H18ClN3O2S/c1-14(28-29-25-27-22(13-32-25)15-6-9-17(26)10-7-15)23-20-5-3-2-4-18(20)19-11-8-16(24(30)31)12-21(19)23/h2-13,23H,1H3,(H,27,29)(H,30,31)/b28-14-. The van der Waals surface area contributed by atoms with Gasteiger partial charge in [-0.15, -0.1) is 11.3 Å². The molecule has 0 aliphatic heterocycles. The topological polar surface area (TPSA) is 74.6 Å². The molecule has 0 amide bonds. The maximum absolute atomic E-state index is 11.5. The highest BCUT2D eigenvalue weighted by atomic mass is 35.5. The molecule has 3 aromatic carbocycles. The molecule has 5 nitrogen and oxygen atoms in total. The molecular weight excluding hydrogens is 442 g/mol. The van der Waals surface area contributed by atoms with E-state index >= 15 is 0 Å². The van der Waals surface area contributed by atoms with Crippen molar-refractivity contribution in [3.63, 3.8) is 0 Å². The summed E-state index contributed by atoms with van der Waals surface area (Å²) in [5, 5.41) is 17.4. The van der Waals surface area contributed by atoms with E-state index in [4.69, 9.17) is 11.6 Å². The largest absolute Gasteiger partial charge is 0.478 e. The van der Waals surface area contributed by atoms with Gasteiger partial charge in [0.05, 0.1) is 17.2 Å². The van der Waals surface area contributed by atoms with Crippen LogP contribution in [0.1, 0.15) is 34.3 Å². The number of rotatable bonds is 5. The maximum Gasteiger partial charge on any atom is 0.335 e. The zero-order valence-corrected chi connectivity index (χ0v) is 18.6. The molecule has 1 atom stereocenters. The minimum Gasteiger partial charge on any atom is -0.478 e. The number of benzene rings is 3. The minimum absolute atomic E-state index is 0.122. The van der Waals surface area contributed by atoms with Gasteiger partial charge >= 0.3 is 5.97 Å². The van der Waals surface area contributed by atoms with E-state index in [2.05, 4.69) is 27.6 Å². The number of hydrogen-bond acceptors (Lipinski definition) is 5. The summed E-state index contributed by atoms with van der Waals surface area (Å²) in [6, 6.07) is 21.0. The number of carboxylic acids is 1. The van der Waals surface area contributed by atoms with Crippen molar-refractivity contribution in [1.29, 1.82) is 0 Å². The Bertz CT molecular complexity index is 1360. The molecule has 32 heavy (non-hydrogen) atoms. The Kier molecular flexibility index (Phi) is 5.25. The van der Waals surface area contributed by atoms with E-state index in [1.54, 1.807) is 12.1 Å². The molecule has 0 spiro atoms. The van der Waals surface area contributed by atoms with Gasteiger partial charge in [-0.25, -0.2) is 9.78 Å². The SMILES string of the molecule is C/C(=N/Nc1nc(-c2ccc(Cl)cc2)cs1)C1c2ccccc2-c2ccc(C(=O)O)cc21. The number of hydrazone groups is 1. The minimum atomic E-state index is -0.937. The Labute approximate surface area is 194 Å². The van der Waals surface area contributed by atoms with Gasteiger partial charge in [-0.1, -0.05) is 54.1 Å². The third-order valence-corrected chi connectivity index (χ3v) is 6.56. The molecular formula is C25H18ClN3O2S. The van der Waals surface area contributed by atoms with E-state index in [0.29, 0.717) is 10.2 Å². The van der Waals surface area contributed by atoms with E-state index in [1.807, 2.05) is 54.8 Å². The van der Waals surface area contributed by atoms with E-state index in [1.165, 1.54) is 11.3 Å². The lowest BCUT2D eigenvalue weighted by Gasteiger charge is -2.14. The summed E-state index contributed by atoms with van der Waals surface area (Å²) in [5.41, 5.74) is 10.2. The molecule has 1 unspecified atom stereocenters. The average molecular weight is 460 g/mol. The molecule has 7 heteroatoms. The number of halogens is 1. The molecule has 5 rings (SSSR count). The van der Waals surface area contributed by atoms with Gasteiger partial charge in [0.15, 0.2) is 0 Å². The van der Waals surface area contributed by atoms with Crippen LogP contribution >= 0.6 is 22.9 Å². The highest BCUT2D eigenvalue weighted by molar-refractivity contribution is 7.14. The van der Waals surface area contributed by atoms with Gasteiger partial charge in [0.25, 0.3) is 0 Å². The first-order valence-electron chi connectivity index (χ1n) is 9.99. The third kappa shape index (κ3) is 3.68. The van der Waals surface area contributed by atoms with Crippen LogP contribution in [0, 0.1) is 0 Å². The third-order valence-electron chi connectivity index (χ3n) is 5.56. The zero-order valence-electron chi connectivity index (χ0n) is 17.0. The summed E-state index contributed by atoms with van der Waals surface area (Å²) in [6.45, 7) is 1.95. The first-order chi connectivity index (χ1) is 15.5. The molecule has 2 N–H and O–H groups in total. The van der Waals surface area contributed by atoms with E-state index < -0.39 is 5.97 Å². The zero-order chi connectivity index (χ0) is 22.2. The molecule has 0 fully saturated rings. The molecule has 0 bridgehead atoms. The fourth-order valence-electron chi connectivity index (χ4n) is 4.07. The summed E-state index contributed by atoms with van der Waals surface area (Å²) >= 11 is 7.44. The number of nitrogens with zero attached hydrogens (tertiary/aromatic N) is 2.